The summed E-state index contributed by atoms with van der Waals surface area (Å²) in [4.78, 5) is 45.3. The molecule has 1 spiro atoms. The predicted molar refractivity (Wildman–Crippen MR) is 132 cm³/mol. The second kappa shape index (κ2) is 9.22. The van der Waals surface area contributed by atoms with Crippen LogP contribution in [0.15, 0.2) is 46.6 Å². The molecule has 9 nitrogen and oxygen atoms in total. The van der Waals surface area contributed by atoms with Crippen molar-refractivity contribution in [3.8, 4) is 5.75 Å². The van der Waals surface area contributed by atoms with E-state index in [9.17, 15) is 14.4 Å². The van der Waals surface area contributed by atoms with Gasteiger partial charge in [-0.1, -0.05) is 31.5 Å². The number of ether oxygens (including phenoxy) is 2. The quantitative estimate of drug-likeness (QED) is 0.603. The lowest BCUT2D eigenvalue weighted by atomic mass is 9.68. The number of aromatic nitrogens is 1. The number of unbranched alkanes of at least 4 members (excludes halogenated alkanes) is 1. The van der Waals surface area contributed by atoms with Gasteiger partial charge in [0.2, 0.25) is 11.8 Å². The molecule has 2 aliphatic heterocycles. The summed E-state index contributed by atoms with van der Waals surface area (Å²) in [6, 6.07) is 8.93. The summed E-state index contributed by atoms with van der Waals surface area (Å²) in [5.41, 5.74) is 5.90. The zero-order valence-electron chi connectivity index (χ0n) is 20.9. The zero-order valence-corrected chi connectivity index (χ0v) is 20.9. The summed E-state index contributed by atoms with van der Waals surface area (Å²) in [5, 5.41) is 0. The molecular weight excluding hydrogens is 448 g/mol. The van der Waals surface area contributed by atoms with Crippen LogP contribution >= 0.6 is 0 Å². The van der Waals surface area contributed by atoms with E-state index in [0.717, 1.165) is 12.8 Å². The Labute approximate surface area is 204 Å². The summed E-state index contributed by atoms with van der Waals surface area (Å²) in [5.74, 6) is -1.28. The van der Waals surface area contributed by atoms with Gasteiger partial charge in [0.1, 0.15) is 16.7 Å². The first-order chi connectivity index (χ1) is 16.7. The van der Waals surface area contributed by atoms with E-state index in [4.69, 9.17) is 15.2 Å². The van der Waals surface area contributed by atoms with Gasteiger partial charge in [-0.3, -0.25) is 9.59 Å². The number of anilines is 1. The lowest BCUT2D eigenvalue weighted by molar-refractivity contribution is -0.138. The molecule has 0 radical (unpaired) electrons. The van der Waals surface area contributed by atoms with Crippen LogP contribution in [-0.2, 0) is 26.3 Å². The lowest BCUT2D eigenvalue weighted by Crippen LogP contribution is -2.52. The smallest absolute Gasteiger partial charge is 0.340 e. The van der Waals surface area contributed by atoms with Crippen molar-refractivity contribution in [2.24, 2.45) is 5.73 Å². The zero-order chi connectivity index (χ0) is 25.5. The number of nitrogens with zero attached hydrogens (tertiary/aromatic N) is 3. The van der Waals surface area contributed by atoms with Crippen LogP contribution in [0.3, 0.4) is 0 Å². The third-order valence-corrected chi connectivity index (χ3v) is 6.75. The molecule has 9 heteroatoms. The van der Waals surface area contributed by atoms with Crippen molar-refractivity contribution >= 4 is 17.6 Å². The molecule has 1 aromatic carbocycles. The van der Waals surface area contributed by atoms with Gasteiger partial charge in [0.25, 0.3) is 5.56 Å². The fourth-order valence-corrected chi connectivity index (χ4v) is 5.05. The van der Waals surface area contributed by atoms with E-state index in [0.29, 0.717) is 36.6 Å². The maximum absolute atomic E-state index is 14.4. The number of carbonyl (C=O) groups excluding carboxylic acids is 2. The highest BCUT2D eigenvalue weighted by molar-refractivity contribution is 6.18. The fraction of sp³-hybridized carbons (Fsp3) is 0.423. The molecular formula is C26H32N4O5. The van der Waals surface area contributed by atoms with Crippen molar-refractivity contribution in [2.45, 2.75) is 38.6 Å². The summed E-state index contributed by atoms with van der Waals surface area (Å²) in [7, 11) is 5.06. The molecule has 0 saturated carbocycles. The Hall–Kier alpha value is -3.59. The van der Waals surface area contributed by atoms with Crippen molar-refractivity contribution in [1.82, 2.24) is 9.47 Å². The number of rotatable bonds is 7. The number of hydrogen-bond acceptors (Lipinski definition) is 7. The molecule has 2 N–H and O–H groups in total. The minimum Gasteiger partial charge on any atom is -0.465 e. The van der Waals surface area contributed by atoms with Crippen molar-refractivity contribution in [3.63, 3.8) is 0 Å². The van der Waals surface area contributed by atoms with Crippen LogP contribution < -0.4 is 20.9 Å². The highest BCUT2D eigenvalue weighted by Gasteiger charge is 2.62. The van der Waals surface area contributed by atoms with Crippen LogP contribution in [-0.4, -0.2) is 55.6 Å². The second-order valence-electron chi connectivity index (χ2n) is 9.20. The third kappa shape index (κ3) is 3.61. The number of pyridine rings is 1. The highest BCUT2D eigenvalue weighted by Crippen LogP contribution is 2.54. The SMILES string of the molecule is CCCCN1C(=O)C2(C(C(=O)OC)=C(N)Oc3cc(C)n(CCN(C)C)c(=O)c32)c2ccccc21. The summed E-state index contributed by atoms with van der Waals surface area (Å²) >= 11 is 0. The number of aryl methyl sites for hydroxylation is 1. The first kappa shape index (κ1) is 24.5. The normalized spacial score (nSPS) is 18.7. The maximum atomic E-state index is 14.4. The molecule has 4 rings (SSSR count). The number of nitrogens with two attached hydrogens (primary N) is 1. The Morgan fingerprint density at radius 2 is 1.91 bits per heavy atom. The number of methoxy groups -OCH3 is 1. The minimum atomic E-state index is -1.76. The van der Waals surface area contributed by atoms with Gasteiger partial charge in [0.05, 0.1) is 12.7 Å². The van der Waals surface area contributed by atoms with E-state index in [-0.39, 0.29) is 22.8 Å². The van der Waals surface area contributed by atoms with E-state index in [2.05, 4.69) is 0 Å². The van der Waals surface area contributed by atoms with Crippen LogP contribution in [0.4, 0.5) is 5.69 Å². The number of amides is 1. The standard InChI is InChI=1S/C26H32N4O5/c1-6-7-12-30-18-11-9-8-10-17(18)26(25(30)33)20-19(35-22(27)21(26)24(32)34-5)15-16(2)29(23(20)31)14-13-28(3)4/h8-11,15H,6-7,12-14,27H2,1-5H3. The van der Waals surface area contributed by atoms with Crippen LogP contribution in [0, 0.1) is 6.92 Å². The Bertz CT molecular complexity index is 1280. The molecule has 186 valence electrons. The molecule has 0 bridgehead atoms. The number of esters is 1. The predicted octanol–water partition coefficient (Wildman–Crippen LogP) is 1.89. The van der Waals surface area contributed by atoms with Gasteiger partial charge in [-0.2, -0.15) is 0 Å². The summed E-state index contributed by atoms with van der Waals surface area (Å²) in [6.07, 6.45) is 1.63. The minimum absolute atomic E-state index is 0.0907. The molecule has 35 heavy (non-hydrogen) atoms. The molecule has 1 amide bonds. The summed E-state index contributed by atoms with van der Waals surface area (Å²) in [6.45, 7) is 5.31. The van der Waals surface area contributed by atoms with E-state index < -0.39 is 22.9 Å². The molecule has 0 fully saturated rings. The van der Waals surface area contributed by atoms with Gasteiger partial charge in [0, 0.05) is 42.6 Å². The largest absolute Gasteiger partial charge is 0.465 e. The molecule has 1 atom stereocenters. The Morgan fingerprint density at radius 1 is 1.20 bits per heavy atom. The number of carbonyl (C=O) groups is 2. The van der Waals surface area contributed by atoms with E-state index in [1.165, 1.54) is 7.11 Å². The van der Waals surface area contributed by atoms with E-state index in [1.54, 1.807) is 34.6 Å². The maximum Gasteiger partial charge on any atom is 0.340 e. The highest BCUT2D eigenvalue weighted by atomic mass is 16.5. The molecule has 0 aliphatic carbocycles. The van der Waals surface area contributed by atoms with Gasteiger partial charge in [-0.25, -0.2) is 4.79 Å². The first-order valence-corrected chi connectivity index (χ1v) is 11.8. The van der Waals surface area contributed by atoms with Crippen molar-refractivity contribution in [1.29, 1.82) is 0 Å². The Balaban J connectivity index is 2.10. The average molecular weight is 481 g/mol. The molecule has 1 aromatic heterocycles. The molecule has 2 aromatic rings. The van der Waals surface area contributed by atoms with E-state index >= 15 is 0 Å². The fourth-order valence-electron chi connectivity index (χ4n) is 5.05. The number of hydrogen-bond donors (Lipinski definition) is 1. The Kier molecular flexibility index (Phi) is 6.46. The number of fused-ring (bicyclic) bond motifs is 4. The van der Waals surface area contributed by atoms with Gasteiger partial charge < -0.3 is 29.6 Å². The van der Waals surface area contributed by atoms with Crippen LogP contribution in [0.25, 0.3) is 0 Å². The van der Waals surface area contributed by atoms with Gasteiger partial charge in [0.15, 0.2) is 0 Å². The average Bonchev–Trinajstić information content (AvgIpc) is 3.05. The molecule has 3 heterocycles. The van der Waals surface area contributed by atoms with Crippen LogP contribution in [0.1, 0.15) is 36.6 Å². The van der Waals surface area contributed by atoms with Crippen LogP contribution in [0.2, 0.25) is 0 Å². The van der Waals surface area contributed by atoms with Crippen molar-refractivity contribution < 1.29 is 19.1 Å². The van der Waals surface area contributed by atoms with Gasteiger partial charge >= 0.3 is 5.97 Å². The molecule has 1 unspecified atom stereocenters. The van der Waals surface area contributed by atoms with Gasteiger partial charge in [-0.05, 0) is 33.5 Å². The third-order valence-electron chi connectivity index (χ3n) is 6.75. The Morgan fingerprint density at radius 3 is 2.57 bits per heavy atom. The van der Waals surface area contributed by atoms with Crippen LogP contribution in [0.5, 0.6) is 5.75 Å². The molecule has 2 aliphatic rings. The number of benzene rings is 1. The monoisotopic (exact) mass is 480 g/mol. The van der Waals surface area contributed by atoms with E-state index in [1.807, 2.05) is 38.1 Å². The first-order valence-electron chi connectivity index (χ1n) is 11.8. The van der Waals surface area contributed by atoms with Crippen molar-refractivity contribution in [3.05, 3.63) is 69.0 Å². The topological polar surface area (TPSA) is 107 Å². The summed E-state index contributed by atoms with van der Waals surface area (Å²) < 4.78 is 12.5. The lowest BCUT2D eigenvalue weighted by Gasteiger charge is -2.36. The van der Waals surface area contributed by atoms with Crippen molar-refractivity contribution in [2.75, 3.05) is 39.2 Å². The number of likely N-dealkylation sites (N-methyl/N-ethyl adjacent to an activating group) is 1. The van der Waals surface area contributed by atoms with Gasteiger partial charge in [-0.15, -0.1) is 0 Å². The molecule has 0 saturated heterocycles. The second-order valence-corrected chi connectivity index (χ2v) is 9.20. The number of para-hydroxylation sites is 1.